The maximum Gasteiger partial charge on any atom is 0.280 e. The smallest absolute Gasteiger partial charge is 0.280 e. The summed E-state index contributed by atoms with van der Waals surface area (Å²) in [6, 6.07) is 14.5. The molecule has 1 unspecified atom stereocenters. The summed E-state index contributed by atoms with van der Waals surface area (Å²) >= 11 is 1.65. The average Bonchev–Trinajstić information content (AvgIpc) is 3.10. The molecule has 1 atom stereocenters. The average molecular weight is 393 g/mol. The fraction of sp³-hybridized carbons (Fsp3) is 0.389. The lowest BCUT2D eigenvalue weighted by Crippen LogP contribution is -3.00. The molecule has 1 N–H and O–H groups in total. The van der Waals surface area contributed by atoms with Gasteiger partial charge >= 0.3 is 0 Å². The van der Waals surface area contributed by atoms with Gasteiger partial charge in [-0.25, -0.2) is 9.48 Å². The molecule has 4 rings (SSSR count). The van der Waals surface area contributed by atoms with Crippen molar-refractivity contribution in [2.45, 2.75) is 31.4 Å². The molecule has 0 saturated carbocycles. The standard InChI is InChI=1S/C18H21N2OS.BrH/c21-18(16-10-7-13-22-16)14-19(15-8-3-1-4-9-15)17-11-5-2-6-12-20(17)18;/h1,3-4,7-10,13,21H,2,5-6,11-12,14H2;1H/q+1;/p-1. The highest BCUT2D eigenvalue weighted by Crippen LogP contribution is 2.36. The second-order valence-corrected chi connectivity index (χ2v) is 7.04. The van der Waals surface area contributed by atoms with Gasteiger partial charge in [-0.15, -0.1) is 11.3 Å². The van der Waals surface area contributed by atoms with Gasteiger partial charge in [-0.05, 0) is 42.8 Å². The Morgan fingerprint density at radius 1 is 1.04 bits per heavy atom. The summed E-state index contributed by atoms with van der Waals surface area (Å²) in [4.78, 5) is 3.36. The largest absolute Gasteiger partial charge is 1.00 e. The zero-order chi connectivity index (χ0) is 15.0. The Labute approximate surface area is 151 Å². The molecule has 5 heteroatoms. The van der Waals surface area contributed by atoms with Crippen LogP contribution in [0, 0.1) is 0 Å². The third-order valence-electron chi connectivity index (χ3n) is 4.71. The first-order valence-corrected chi connectivity index (χ1v) is 8.89. The van der Waals surface area contributed by atoms with E-state index in [1.54, 1.807) is 11.3 Å². The number of rotatable bonds is 2. The fourth-order valence-corrected chi connectivity index (χ4v) is 4.46. The van der Waals surface area contributed by atoms with Gasteiger partial charge in [0.25, 0.3) is 11.6 Å². The van der Waals surface area contributed by atoms with E-state index in [9.17, 15) is 5.11 Å². The molecule has 0 spiro atoms. The highest BCUT2D eigenvalue weighted by molar-refractivity contribution is 7.10. The normalized spacial score (nSPS) is 24.1. The van der Waals surface area contributed by atoms with E-state index in [0.717, 1.165) is 24.3 Å². The molecule has 0 bridgehead atoms. The second kappa shape index (κ2) is 6.75. The van der Waals surface area contributed by atoms with Crippen molar-refractivity contribution in [2.75, 3.05) is 18.0 Å². The van der Waals surface area contributed by atoms with Crippen molar-refractivity contribution in [1.29, 1.82) is 0 Å². The van der Waals surface area contributed by atoms with Gasteiger partial charge in [-0.1, -0.05) is 24.3 Å². The highest BCUT2D eigenvalue weighted by Gasteiger charge is 2.52. The van der Waals surface area contributed by atoms with E-state index in [1.807, 2.05) is 12.1 Å². The number of thiophene rings is 1. The number of β-amino-alcohol motifs (C(OH)–C–C–N with tert-alkyl or cyclic N) is 1. The lowest BCUT2D eigenvalue weighted by molar-refractivity contribution is -0.657. The van der Waals surface area contributed by atoms with Crippen molar-refractivity contribution >= 4 is 22.9 Å². The number of benzene rings is 1. The summed E-state index contributed by atoms with van der Waals surface area (Å²) in [5, 5.41) is 13.5. The van der Waals surface area contributed by atoms with Crippen LogP contribution >= 0.6 is 11.3 Å². The zero-order valence-electron chi connectivity index (χ0n) is 13.0. The first-order chi connectivity index (χ1) is 10.8. The molecule has 0 saturated heterocycles. The van der Waals surface area contributed by atoms with Gasteiger partial charge in [0, 0.05) is 6.42 Å². The molecule has 0 radical (unpaired) electrons. The molecule has 23 heavy (non-hydrogen) atoms. The van der Waals surface area contributed by atoms with Crippen LogP contribution in [0.2, 0.25) is 0 Å². The molecule has 0 aliphatic carbocycles. The minimum absolute atomic E-state index is 0. The van der Waals surface area contributed by atoms with E-state index in [2.05, 4.69) is 45.2 Å². The van der Waals surface area contributed by atoms with Crippen molar-refractivity contribution in [1.82, 2.24) is 0 Å². The molecule has 122 valence electrons. The maximum absolute atomic E-state index is 11.5. The van der Waals surface area contributed by atoms with Gasteiger partial charge in [-0.3, -0.25) is 0 Å². The molecule has 0 fully saturated rings. The highest BCUT2D eigenvalue weighted by atomic mass is 79.9. The molecule has 1 aromatic carbocycles. The Bertz CT molecular complexity index is 686. The van der Waals surface area contributed by atoms with E-state index in [4.69, 9.17) is 0 Å². The van der Waals surface area contributed by atoms with E-state index in [1.165, 1.54) is 24.4 Å². The summed E-state index contributed by atoms with van der Waals surface area (Å²) < 4.78 is 2.25. The lowest BCUT2D eigenvalue weighted by Gasteiger charge is -2.21. The molecule has 0 amide bonds. The third-order valence-corrected chi connectivity index (χ3v) is 5.72. The van der Waals surface area contributed by atoms with Crippen LogP contribution in [-0.4, -0.2) is 28.6 Å². The summed E-state index contributed by atoms with van der Waals surface area (Å²) in [5.74, 6) is 1.28. The number of nitrogens with zero attached hydrogens (tertiary/aromatic N) is 2. The Balaban J connectivity index is 0.00000156. The van der Waals surface area contributed by atoms with Crippen molar-refractivity contribution in [3.63, 3.8) is 0 Å². The fourth-order valence-electron chi connectivity index (χ4n) is 3.64. The van der Waals surface area contributed by atoms with Gasteiger partial charge < -0.3 is 22.1 Å². The van der Waals surface area contributed by atoms with E-state index in [-0.39, 0.29) is 17.0 Å². The predicted octanol–water partition coefficient (Wildman–Crippen LogP) is 0.402. The Morgan fingerprint density at radius 3 is 2.61 bits per heavy atom. The third kappa shape index (κ3) is 2.86. The molecule has 3 nitrogen and oxygen atoms in total. The molecular formula is C18H21BrN2OS. The van der Waals surface area contributed by atoms with E-state index >= 15 is 0 Å². The topological polar surface area (TPSA) is 26.5 Å². The number of hydrogen-bond acceptors (Lipinski definition) is 3. The summed E-state index contributed by atoms with van der Waals surface area (Å²) in [5.41, 5.74) is 0.292. The first-order valence-electron chi connectivity index (χ1n) is 8.01. The quantitative estimate of drug-likeness (QED) is 0.748. The molecule has 2 aliphatic rings. The summed E-state index contributed by atoms with van der Waals surface area (Å²) in [7, 11) is 0. The monoisotopic (exact) mass is 392 g/mol. The van der Waals surface area contributed by atoms with Crippen LogP contribution in [0.4, 0.5) is 5.69 Å². The lowest BCUT2D eigenvalue weighted by atomic mass is 10.1. The number of para-hydroxylation sites is 1. The maximum atomic E-state index is 11.5. The van der Waals surface area contributed by atoms with Crippen LogP contribution < -0.4 is 21.9 Å². The molecule has 2 aliphatic heterocycles. The first kappa shape index (κ1) is 16.7. The Morgan fingerprint density at radius 2 is 1.87 bits per heavy atom. The van der Waals surface area contributed by atoms with Gasteiger partial charge in [0.15, 0.2) is 6.54 Å². The molecule has 3 heterocycles. The van der Waals surface area contributed by atoms with Crippen LogP contribution in [0.3, 0.4) is 0 Å². The molecule has 2 aromatic rings. The minimum Gasteiger partial charge on any atom is -1.00 e. The van der Waals surface area contributed by atoms with Gasteiger partial charge in [-0.2, -0.15) is 0 Å². The van der Waals surface area contributed by atoms with Crippen LogP contribution in [0.5, 0.6) is 0 Å². The van der Waals surface area contributed by atoms with Crippen LogP contribution in [0.25, 0.3) is 0 Å². The number of halogens is 1. The zero-order valence-corrected chi connectivity index (χ0v) is 15.4. The number of anilines is 1. The van der Waals surface area contributed by atoms with Gasteiger partial charge in [0.05, 0.1) is 11.4 Å². The second-order valence-electron chi connectivity index (χ2n) is 6.09. The van der Waals surface area contributed by atoms with Crippen LogP contribution in [0.1, 0.15) is 30.6 Å². The number of aliphatic hydroxyl groups is 1. The predicted molar refractivity (Wildman–Crippen MR) is 90.6 cm³/mol. The molecular weight excluding hydrogens is 372 g/mol. The Hall–Kier alpha value is -1.17. The summed E-state index contributed by atoms with van der Waals surface area (Å²) in [6.07, 6.45) is 4.64. The van der Waals surface area contributed by atoms with Crippen molar-refractivity contribution in [3.8, 4) is 0 Å². The van der Waals surface area contributed by atoms with Crippen molar-refractivity contribution in [3.05, 3.63) is 52.7 Å². The van der Waals surface area contributed by atoms with Crippen LogP contribution in [-0.2, 0) is 5.72 Å². The van der Waals surface area contributed by atoms with Gasteiger partial charge in [0.2, 0.25) is 0 Å². The Kier molecular flexibility index (Phi) is 4.90. The van der Waals surface area contributed by atoms with Crippen LogP contribution in [0.15, 0.2) is 47.8 Å². The van der Waals surface area contributed by atoms with Gasteiger partial charge in [0.1, 0.15) is 5.69 Å². The molecule has 1 aromatic heterocycles. The van der Waals surface area contributed by atoms with Crippen molar-refractivity contribution in [2.24, 2.45) is 0 Å². The van der Waals surface area contributed by atoms with Crippen molar-refractivity contribution < 1.29 is 26.7 Å². The number of amidine groups is 1. The van der Waals surface area contributed by atoms with E-state index in [0.29, 0.717) is 6.54 Å². The SMILES string of the molecule is OC1(c2cccs2)CN(c2ccccc2)C2=[N+]1CCCCC2.[Br-]. The number of hydrogen-bond donors (Lipinski definition) is 1. The summed E-state index contributed by atoms with van der Waals surface area (Å²) in [6.45, 7) is 1.56. The van der Waals surface area contributed by atoms with E-state index < -0.39 is 5.72 Å². The minimum atomic E-state index is -0.885.